The Labute approximate surface area is 229 Å². The van der Waals surface area contributed by atoms with E-state index in [-0.39, 0.29) is 24.8 Å². The first-order valence-corrected chi connectivity index (χ1v) is 14.1. The molecule has 0 aromatic rings. The van der Waals surface area contributed by atoms with Crippen LogP contribution in [0.5, 0.6) is 0 Å². The Morgan fingerprint density at radius 3 is 2.50 bits per heavy atom. The number of amides is 2. The van der Waals surface area contributed by atoms with Crippen LogP contribution in [0.4, 0.5) is 0 Å². The molecule has 0 saturated heterocycles. The lowest BCUT2D eigenvalue weighted by atomic mass is 10.0. The Morgan fingerprint density at radius 2 is 1.74 bits per heavy atom. The maximum Gasteiger partial charge on any atom is 0.331 e. The summed E-state index contributed by atoms with van der Waals surface area (Å²) in [6, 6.07) is 0. The van der Waals surface area contributed by atoms with Crippen molar-refractivity contribution in [3.05, 3.63) is 60.3 Å². The number of carbonyl (C=O) groups is 3. The number of cyclic esters (lactones) is 1. The number of carbonyl (C=O) groups excluding carboxylic acids is 3. The van der Waals surface area contributed by atoms with E-state index in [0.29, 0.717) is 13.0 Å². The molecule has 212 valence electrons. The number of allylic oxidation sites excluding steroid dienone is 7. The van der Waals surface area contributed by atoms with Crippen LogP contribution in [0.25, 0.3) is 0 Å². The Kier molecular flexibility index (Phi) is 18.3. The van der Waals surface area contributed by atoms with Gasteiger partial charge in [0.1, 0.15) is 6.10 Å². The van der Waals surface area contributed by atoms with Gasteiger partial charge in [0, 0.05) is 19.2 Å². The van der Waals surface area contributed by atoms with Crippen LogP contribution in [0.2, 0.25) is 0 Å². The molecule has 0 radical (unpaired) electrons. The highest BCUT2D eigenvalue weighted by atomic mass is 16.5. The van der Waals surface area contributed by atoms with E-state index in [9.17, 15) is 19.5 Å². The fraction of sp³-hybridized carbons (Fsp3) is 0.581. The number of β-amino-alcohol motifs (C(OH)–C–C–N with tert-alkyl or cyclic N) is 1. The molecule has 1 rings (SSSR count). The van der Waals surface area contributed by atoms with Gasteiger partial charge in [0.05, 0.1) is 18.4 Å². The van der Waals surface area contributed by atoms with Gasteiger partial charge >= 0.3 is 5.97 Å². The van der Waals surface area contributed by atoms with Crippen LogP contribution in [-0.2, 0) is 19.1 Å². The molecule has 3 N–H and O–H groups in total. The summed E-state index contributed by atoms with van der Waals surface area (Å²) < 4.78 is 5.59. The number of rotatable bonds is 10. The molecule has 1 aliphatic heterocycles. The number of esters is 1. The van der Waals surface area contributed by atoms with E-state index in [1.807, 2.05) is 31.2 Å². The molecule has 7 heteroatoms. The Morgan fingerprint density at radius 1 is 1.03 bits per heavy atom. The SMILES string of the molecule is CCCCCCCCCC=CC=C(C)C1CC(=O)NCC(O)C(C)C(=O)NCCC=CC=CC=CC(=O)O1. The van der Waals surface area contributed by atoms with Crippen molar-refractivity contribution in [1.82, 2.24) is 10.6 Å². The maximum absolute atomic E-state index is 12.6. The minimum atomic E-state index is -1.03. The van der Waals surface area contributed by atoms with E-state index in [2.05, 4.69) is 23.6 Å². The lowest BCUT2D eigenvalue weighted by Gasteiger charge is -2.21. The summed E-state index contributed by atoms with van der Waals surface area (Å²) in [7, 11) is 0. The quantitative estimate of drug-likeness (QED) is 0.205. The zero-order chi connectivity index (χ0) is 28.0. The predicted octanol–water partition coefficient (Wildman–Crippen LogP) is 5.23. The summed E-state index contributed by atoms with van der Waals surface area (Å²) in [6.07, 6.45) is 24.6. The van der Waals surface area contributed by atoms with E-state index in [1.54, 1.807) is 25.2 Å². The fourth-order valence-electron chi connectivity index (χ4n) is 3.81. The van der Waals surface area contributed by atoms with Crippen molar-refractivity contribution in [2.24, 2.45) is 5.92 Å². The second-order valence-corrected chi connectivity index (χ2v) is 9.79. The molecule has 0 saturated carbocycles. The molecule has 1 heterocycles. The van der Waals surface area contributed by atoms with Crippen LogP contribution >= 0.6 is 0 Å². The van der Waals surface area contributed by atoms with E-state index < -0.39 is 24.1 Å². The molecule has 0 aromatic carbocycles. The van der Waals surface area contributed by atoms with Gasteiger partial charge in [-0.25, -0.2) is 4.79 Å². The van der Waals surface area contributed by atoms with Crippen LogP contribution in [-0.4, -0.2) is 48.2 Å². The number of unbranched alkanes of at least 4 members (excludes halogenated alkanes) is 7. The first-order valence-electron chi connectivity index (χ1n) is 14.1. The lowest BCUT2D eigenvalue weighted by molar-refractivity contribution is -0.143. The fourth-order valence-corrected chi connectivity index (χ4v) is 3.81. The molecule has 0 bridgehead atoms. The summed E-state index contributed by atoms with van der Waals surface area (Å²) in [5, 5.41) is 15.8. The molecule has 0 fully saturated rings. The molecular formula is C31H48N2O5. The normalized spacial score (nSPS) is 22.9. The third-order valence-corrected chi connectivity index (χ3v) is 6.42. The van der Waals surface area contributed by atoms with E-state index in [1.165, 1.54) is 44.6 Å². The summed E-state index contributed by atoms with van der Waals surface area (Å²) in [5.74, 6) is -1.87. The second-order valence-electron chi connectivity index (χ2n) is 9.79. The van der Waals surface area contributed by atoms with Crippen molar-refractivity contribution in [3.63, 3.8) is 0 Å². The molecule has 0 aliphatic carbocycles. The summed E-state index contributed by atoms with van der Waals surface area (Å²) in [6.45, 7) is 6.04. The zero-order valence-corrected chi connectivity index (χ0v) is 23.5. The van der Waals surface area contributed by atoms with Gasteiger partial charge in [-0.15, -0.1) is 0 Å². The molecule has 3 atom stereocenters. The third-order valence-electron chi connectivity index (χ3n) is 6.42. The number of aliphatic hydroxyl groups is 1. The number of ether oxygens (including phenoxy) is 1. The standard InChI is InChI=1S/C31H48N2O5/c1-4-5-6-7-8-9-10-11-14-17-20-25(2)28-23-29(35)33-24-27(34)26(3)31(37)32-22-19-16-13-12-15-18-21-30(36)38-28/h12-18,20-21,26-28,34H,4-11,19,22-24H2,1-3H3,(H,32,37)(H,33,35). The van der Waals surface area contributed by atoms with Gasteiger partial charge < -0.3 is 20.5 Å². The lowest BCUT2D eigenvalue weighted by Crippen LogP contribution is -2.43. The van der Waals surface area contributed by atoms with E-state index >= 15 is 0 Å². The largest absolute Gasteiger partial charge is 0.454 e. The minimum absolute atomic E-state index is 0.0705. The van der Waals surface area contributed by atoms with Gasteiger partial charge in [-0.2, -0.15) is 0 Å². The van der Waals surface area contributed by atoms with Crippen molar-refractivity contribution in [2.75, 3.05) is 13.1 Å². The first-order chi connectivity index (χ1) is 18.3. The van der Waals surface area contributed by atoms with Crippen LogP contribution < -0.4 is 10.6 Å². The Balaban J connectivity index is 2.79. The van der Waals surface area contributed by atoms with Gasteiger partial charge in [-0.05, 0) is 31.8 Å². The third kappa shape index (κ3) is 16.0. The van der Waals surface area contributed by atoms with Gasteiger partial charge in [-0.3, -0.25) is 9.59 Å². The van der Waals surface area contributed by atoms with Crippen molar-refractivity contribution in [2.45, 2.75) is 97.2 Å². The number of aliphatic hydroxyl groups excluding tert-OH is 1. The second kappa shape index (κ2) is 21.1. The summed E-state index contributed by atoms with van der Waals surface area (Å²) in [4.78, 5) is 37.3. The molecule has 3 unspecified atom stereocenters. The van der Waals surface area contributed by atoms with Crippen LogP contribution in [0.15, 0.2) is 60.3 Å². The molecule has 38 heavy (non-hydrogen) atoms. The van der Waals surface area contributed by atoms with Crippen molar-refractivity contribution in [1.29, 1.82) is 0 Å². The van der Waals surface area contributed by atoms with Crippen molar-refractivity contribution >= 4 is 17.8 Å². The van der Waals surface area contributed by atoms with E-state index in [0.717, 1.165) is 18.4 Å². The van der Waals surface area contributed by atoms with Gasteiger partial charge in [0.15, 0.2) is 0 Å². The van der Waals surface area contributed by atoms with Crippen LogP contribution in [0.3, 0.4) is 0 Å². The van der Waals surface area contributed by atoms with Gasteiger partial charge in [-0.1, -0.05) is 101 Å². The average Bonchev–Trinajstić information content (AvgIpc) is 2.90. The molecule has 0 aromatic heterocycles. The Hall–Kier alpha value is -2.93. The predicted molar refractivity (Wildman–Crippen MR) is 153 cm³/mol. The van der Waals surface area contributed by atoms with E-state index in [4.69, 9.17) is 4.74 Å². The summed E-state index contributed by atoms with van der Waals surface area (Å²) >= 11 is 0. The highest BCUT2D eigenvalue weighted by Crippen LogP contribution is 2.14. The highest BCUT2D eigenvalue weighted by molar-refractivity contribution is 5.83. The highest BCUT2D eigenvalue weighted by Gasteiger charge is 2.24. The average molecular weight is 529 g/mol. The Bertz CT molecular complexity index is 856. The minimum Gasteiger partial charge on any atom is -0.454 e. The van der Waals surface area contributed by atoms with Crippen molar-refractivity contribution in [3.8, 4) is 0 Å². The number of nitrogens with one attached hydrogen (secondary N) is 2. The topological polar surface area (TPSA) is 105 Å². The molecule has 2 amide bonds. The first kappa shape index (κ1) is 33.1. The van der Waals surface area contributed by atoms with Crippen molar-refractivity contribution < 1.29 is 24.2 Å². The van der Waals surface area contributed by atoms with Gasteiger partial charge in [0.2, 0.25) is 11.8 Å². The van der Waals surface area contributed by atoms with Gasteiger partial charge in [0.25, 0.3) is 0 Å². The molecule has 1 aliphatic rings. The number of hydrogen-bond donors (Lipinski definition) is 3. The smallest absolute Gasteiger partial charge is 0.331 e. The van der Waals surface area contributed by atoms with Crippen LogP contribution in [0, 0.1) is 5.92 Å². The number of hydrogen-bond acceptors (Lipinski definition) is 5. The molecular weight excluding hydrogens is 480 g/mol. The molecule has 0 spiro atoms. The monoisotopic (exact) mass is 528 g/mol. The molecule has 7 nitrogen and oxygen atoms in total. The zero-order valence-electron chi connectivity index (χ0n) is 23.5. The maximum atomic E-state index is 12.6. The summed E-state index contributed by atoms with van der Waals surface area (Å²) in [5.41, 5.74) is 0.746. The van der Waals surface area contributed by atoms with Crippen LogP contribution in [0.1, 0.15) is 85.0 Å².